The number of anilines is 1. The summed E-state index contributed by atoms with van der Waals surface area (Å²) in [5, 5.41) is 11.5. The van der Waals surface area contributed by atoms with Crippen molar-refractivity contribution in [3.05, 3.63) is 51.8 Å². The van der Waals surface area contributed by atoms with Gasteiger partial charge < -0.3 is 14.8 Å². The Labute approximate surface area is 164 Å². The standard InChI is InChI=1S/C19H19N5O3S/c1-23-15-5-3-2-4-13(15)14(10-16(23)25)18(27)24-8-6-12(7-9-24)17(26)21-19-22-20-11-28-19/h2-5,10-12H,6-9H2,1H3,(H,21,22,26). The van der Waals surface area contributed by atoms with Crippen molar-refractivity contribution in [2.24, 2.45) is 13.0 Å². The Bertz CT molecular complexity index is 1080. The van der Waals surface area contributed by atoms with Crippen molar-refractivity contribution in [2.75, 3.05) is 18.4 Å². The zero-order valence-electron chi connectivity index (χ0n) is 15.3. The van der Waals surface area contributed by atoms with Crippen LogP contribution in [0.1, 0.15) is 23.2 Å². The van der Waals surface area contributed by atoms with Crippen molar-refractivity contribution in [3.63, 3.8) is 0 Å². The molecule has 144 valence electrons. The molecular weight excluding hydrogens is 378 g/mol. The number of fused-ring (bicyclic) bond motifs is 1. The molecule has 0 atom stereocenters. The third-order valence-corrected chi connectivity index (χ3v) is 5.73. The van der Waals surface area contributed by atoms with Gasteiger partial charge in [-0.3, -0.25) is 14.4 Å². The van der Waals surface area contributed by atoms with Crippen molar-refractivity contribution in [2.45, 2.75) is 12.8 Å². The summed E-state index contributed by atoms with van der Waals surface area (Å²) in [4.78, 5) is 39.4. The molecule has 3 aromatic rings. The van der Waals surface area contributed by atoms with Crippen LogP contribution in [0.5, 0.6) is 0 Å². The number of rotatable bonds is 3. The van der Waals surface area contributed by atoms with Crippen LogP contribution in [0.25, 0.3) is 10.9 Å². The molecule has 0 spiro atoms. The van der Waals surface area contributed by atoms with Gasteiger partial charge in [0.05, 0.1) is 11.1 Å². The molecule has 1 aliphatic rings. The first-order valence-electron chi connectivity index (χ1n) is 8.99. The van der Waals surface area contributed by atoms with Crippen molar-refractivity contribution >= 4 is 39.2 Å². The Morgan fingerprint density at radius 2 is 1.96 bits per heavy atom. The van der Waals surface area contributed by atoms with Gasteiger partial charge in [-0.2, -0.15) is 0 Å². The van der Waals surface area contributed by atoms with E-state index in [4.69, 9.17) is 0 Å². The lowest BCUT2D eigenvalue weighted by molar-refractivity contribution is -0.121. The number of hydrogen-bond acceptors (Lipinski definition) is 6. The zero-order valence-corrected chi connectivity index (χ0v) is 16.1. The third-order valence-electron chi connectivity index (χ3n) is 5.13. The van der Waals surface area contributed by atoms with E-state index in [1.165, 1.54) is 22.0 Å². The van der Waals surface area contributed by atoms with E-state index in [2.05, 4.69) is 15.5 Å². The van der Waals surface area contributed by atoms with Crippen LogP contribution in [0, 0.1) is 5.92 Å². The number of aryl methyl sites for hydroxylation is 1. The number of benzene rings is 1. The Kier molecular flexibility index (Phi) is 4.91. The highest BCUT2D eigenvalue weighted by Gasteiger charge is 2.29. The van der Waals surface area contributed by atoms with Crippen molar-refractivity contribution in [1.82, 2.24) is 19.7 Å². The average Bonchev–Trinajstić information content (AvgIpc) is 3.23. The smallest absolute Gasteiger partial charge is 0.254 e. The highest BCUT2D eigenvalue weighted by atomic mass is 32.1. The van der Waals surface area contributed by atoms with E-state index in [1.54, 1.807) is 17.5 Å². The van der Waals surface area contributed by atoms with E-state index in [1.807, 2.05) is 24.3 Å². The summed E-state index contributed by atoms with van der Waals surface area (Å²) in [6.07, 6.45) is 1.14. The van der Waals surface area contributed by atoms with Gasteiger partial charge >= 0.3 is 0 Å². The second kappa shape index (κ2) is 7.51. The molecule has 1 fully saturated rings. The van der Waals surface area contributed by atoms with Crippen LogP contribution < -0.4 is 10.9 Å². The zero-order chi connectivity index (χ0) is 19.7. The van der Waals surface area contributed by atoms with E-state index in [-0.39, 0.29) is 23.3 Å². The summed E-state index contributed by atoms with van der Waals surface area (Å²) in [6.45, 7) is 0.938. The van der Waals surface area contributed by atoms with E-state index >= 15 is 0 Å². The van der Waals surface area contributed by atoms with Gasteiger partial charge in [0.2, 0.25) is 11.0 Å². The van der Waals surface area contributed by atoms with Crippen molar-refractivity contribution in [3.8, 4) is 0 Å². The van der Waals surface area contributed by atoms with Crippen molar-refractivity contribution < 1.29 is 9.59 Å². The van der Waals surface area contributed by atoms with E-state index in [0.29, 0.717) is 36.6 Å². The minimum atomic E-state index is -0.214. The molecule has 1 saturated heterocycles. The molecule has 1 aromatic carbocycles. The van der Waals surface area contributed by atoms with E-state index < -0.39 is 0 Å². The van der Waals surface area contributed by atoms with Crippen molar-refractivity contribution in [1.29, 1.82) is 0 Å². The normalized spacial score (nSPS) is 15.0. The maximum atomic E-state index is 13.1. The minimum Gasteiger partial charge on any atom is -0.339 e. The summed E-state index contributed by atoms with van der Waals surface area (Å²) < 4.78 is 1.54. The van der Waals surface area contributed by atoms with Gasteiger partial charge in [0.1, 0.15) is 5.51 Å². The highest BCUT2D eigenvalue weighted by Crippen LogP contribution is 2.23. The number of likely N-dealkylation sites (tertiary alicyclic amines) is 1. The van der Waals surface area contributed by atoms with E-state index in [9.17, 15) is 14.4 Å². The van der Waals surface area contributed by atoms with Crippen LogP contribution in [-0.2, 0) is 11.8 Å². The van der Waals surface area contributed by atoms with Crippen LogP contribution in [0.3, 0.4) is 0 Å². The Balaban J connectivity index is 1.49. The fourth-order valence-electron chi connectivity index (χ4n) is 3.54. The van der Waals surface area contributed by atoms with Gasteiger partial charge in [-0.15, -0.1) is 10.2 Å². The van der Waals surface area contributed by atoms with Gasteiger partial charge in [0.25, 0.3) is 11.5 Å². The van der Waals surface area contributed by atoms with Gasteiger partial charge in [0.15, 0.2) is 0 Å². The summed E-state index contributed by atoms with van der Waals surface area (Å²) in [5.41, 5.74) is 2.49. The quantitative estimate of drug-likeness (QED) is 0.728. The molecule has 0 saturated carbocycles. The summed E-state index contributed by atoms with van der Waals surface area (Å²) in [7, 11) is 1.70. The maximum absolute atomic E-state index is 13.1. The number of carbonyl (C=O) groups is 2. The molecule has 2 amide bonds. The van der Waals surface area contributed by atoms with Crippen LogP contribution in [0.2, 0.25) is 0 Å². The Hall–Kier alpha value is -3.07. The van der Waals surface area contributed by atoms with Crippen LogP contribution in [-0.4, -0.2) is 44.6 Å². The van der Waals surface area contributed by atoms with E-state index in [0.717, 1.165) is 10.9 Å². The lowest BCUT2D eigenvalue weighted by atomic mass is 9.95. The predicted octanol–water partition coefficient (Wildman–Crippen LogP) is 1.88. The van der Waals surface area contributed by atoms with Gasteiger partial charge in [0, 0.05) is 37.5 Å². The summed E-state index contributed by atoms with van der Waals surface area (Å²) in [6, 6.07) is 8.78. The number of carbonyl (C=O) groups excluding carboxylic acids is 2. The predicted molar refractivity (Wildman–Crippen MR) is 106 cm³/mol. The molecule has 2 aromatic heterocycles. The van der Waals surface area contributed by atoms with Gasteiger partial charge in [-0.25, -0.2) is 0 Å². The summed E-state index contributed by atoms with van der Waals surface area (Å²) >= 11 is 1.27. The molecule has 28 heavy (non-hydrogen) atoms. The molecule has 0 aliphatic carbocycles. The number of amides is 2. The summed E-state index contributed by atoms with van der Waals surface area (Å²) in [5.74, 6) is -0.437. The lowest BCUT2D eigenvalue weighted by Gasteiger charge is -2.31. The highest BCUT2D eigenvalue weighted by molar-refractivity contribution is 7.13. The first kappa shape index (κ1) is 18.3. The first-order valence-corrected chi connectivity index (χ1v) is 9.87. The molecular formula is C19H19N5O3S. The number of piperidine rings is 1. The van der Waals surface area contributed by atoms with Crippen LogP contribution in [0.15, 0.2) is 40.6 Å². The SMILES string of the molecule is Cn1c(=O)cc(C(=O)N2CCC(C(=O)Nc3nncs3)CC2)c2ccccc21. The first-order chi connectivity index (χ1) is 13.5. The number of nitrogens with zero attached hydrogens (tertiary/aromatic N) is 4. The number of aromatic nitrogens is 3. The van der Waals surface area contributed by atoms with Crippen LogP contribution in [0.4, 0.5) is 5.13 Å². The average molecular weight is 397 g/mol. The second-order valence-electron chi connectivity index (χ2n) is 6.77. The molecule has 0 radical (unpaired) electrons. The molecule has 1 aliphatic heterocycles. The fourth-order valence-corrected chi connectivity index (χ4v) is 3.99. The molecule has 8 nitrogen and oxygen atoms in total. The molecule has 3 heterocycles. The molecule has 9 heteroatoms. The lowest BCUT2D eigenvalue weighted by Crippen LogP contribution is -2.42. The van der Waals surface area contributed by atoms with Gasteiger partial charge in [-0.1, -0.05) is 29.5 Å². The van der Waals surface area contributed by atoms with Crippen LogP contribution >= 0.6 is 11.3 Å². The second-order valence-corrected chi connectivity index (χ2v) is 7.61. The fraction of sp³-hybridized carbons (Fsp3) is 0.316. The Morgan fingerprint density at radius 3 is 2.68 bits per heavy atom. The Morgan fingerprint density at radius 1 is 1.21 bits per heavy atom. The topological polar surface area (TPSA) is 97.2 Å². The minimum absolute atomic E-state index is 0.0946. The maximum Gasteiger partial charge on any atom is 0.254 e. The molecule has 4 rings (SSSR count). The number of pyridine rings is 1. The number of para-hydroxylation sites is 1. The number of hydrogen-bond donors (Lipinski definition) is 1. The number of nitrogens with one attached hydrogen (secondary N) is 1. The monoisotopic (exact) mass is 397 g/mol. The molecule has 1 N–H and O–H groups in total. The largest absolute Gasteiger partial charge is 0.339 e. The molecule has 0 bridgehead atoms. The third kappa shape index (κ3) is 3.40. The molecule has 0 unspecified atom stereocenters. The van der Waals surface area contributed by atoms with Gasteiger partial charge in [-0.05, 0) is 18.9 Å².